The van der Waals surface area contributed by atoms with Gasteiger partial charge in [-0.3, -0.25) is 13.9 Å². The van der Waals surface area contributed by atoms with Crippen LogP contribution in [-0.4, -0.2) is 39.1 Å². The van der Waals surface area contributed by atoms with Crippen molar-refractivity contribution in [3.63, 3.8) is 0 Å². The third kappa shape index (κ3) is 4.05. The molecule has 0 aliphatic carbocycles. The van der Waals surface area contributed by atoms with Crippen molar-refractivity contribution >= 4 is 38.9 Å². The van der Waals surface area contributed by atoms with E-state index in [-0.39, 0.29) is 17.6 Å². The molecule has 2 aliphatic heterocycles. The molecule has 2 aromatic rings. The van der Waals surface area contributed by atoms with E-state index >= 15 is 0 Å². The van der Waals surface area contributed by atoms with Gasteiger partial charge in [-0.05, 0) is 74.2 Å². The second-order valence-electron chi connectivity index (χ2n) is 7.75. The molecule has 7 nitrogen and oxygen atoms in total. The minimum absolute atomic E-state index is 0.130. The standard InChI is InChI=1S/C22H25N3O4S/c1-16-15-18(8-11-20(16)24-12-4-5-21(24)26)23-22(27)17-6-9-19(10-7-17)25-13-2-3-14-30(25,28)29/h6-11,15H,2-5,12-14H2,1H3,(H,23,27). The molecule has 0 spiro atoms. The number of rotatable bonds is 4. The maximum atomic E-state index is 12.6. The van der Waals surface area contributed by atoms with Gasteiger partial charge in [0, 0.05) is 36.4 Å². The predicted molar refractivity (Wildman–Crippen MR) is 118 cm³/mol. The van der Waals surface area contributed by atoms with E-state index in [1.54, 1.807) is 35.2 Å². The second-order valence-corrected chi connectivity index (χ2v) is 9.76. The maximum Gasteiger partial charge on any atom is 0.255 e. The summed E-state index contributed by atoms with van der Waals surface area (Å²) < 4.78 is 25.9. The molecule has 2 aliphatic rings. The molecular formula is C22H25N3O4S. The van der Waals surface area contributed by atoms with E-state index in [2.05, 4.69) is 5.32 Å². The lowest BCUT2D eigenvalue weighted by Crippen LogP contribution is -2.37. The Kier molecular flexibility index (Phi) is 5.51. The average molecular weight is 428 g/mol. The summed E-state index contributed by atoms with van der Waals surface area (Å²) in [5.74, 6) is 0.0197. The molecule has 2 saturated heterocycles. The number of nitrogens with zero attached hydrogens (tertiary/aromatic N) is 2. The number of hydrogen-bond donors (Lipinski definition) is 1. The van der Waals surface area contributed by atoms with Crippen molar-refractivity contribution in [3.05, 3.63) is 53.6 Å². The van der Waals surface area contributed by atoms with Crippen LogP contribution in [0, 0.1) is 6.92 Å². The van der Waals surface area contributed by atoms with Crippen LogP contribution in [0.3, 0.4) is 0 Å². The van der Waals surface area contributed by atoms with Crippen LogP contribution in [0.15, 0.2) is 42.5 Å². The van der Waals surface area contributed by atoms with Crippen LogP contribution >= 0.6 is 0 Å². The first-order valence-electron chi connectivity index (χ1n) is 10.2. The van der Waals surface area contributed by atoms with Gasteiger partial charge >= 0.3 is 0 Å². The van der Waals surface area contributed by atoms with E-state index in [9.17, 15) is 18.0 Å². The molecule has 1 N–H and O–H groups in total. The summed E-state index contributed by atoms with van der Waals surface area (Å²) in [5.41, 5.74) is 3.48. The molecule has 0 atom stereocenters. The Bertz CT molecular complexity index is 1080. The third-order valence-electron chi connectivity index (χ3n) is 5.59. The first kappa shape index (κ1) is 20.4. The Labute approximate surface area is 176 Å². The van der Waals surface area contributed by atoms with E-state index < -0.39 is 10.0 Å². The van der Waals surface area contributed by atoms with E-state index in [0.717, 1.165) is 30.6 Å². The number of carbonyl (C=O) groups is 2. The number of carbonyl (C=O) groups excluding carboxylic acids is 2. The number of sulfonamides is 1. The van der Waals surface area contributed by atoms with E-state index in [4.69, 9.17) is 0 Å². The lowest BCUT2D eigenvalue weighted by atomic mass is 10.1. The highest BCUT2D eigenvalue weighted by Gasteiger charge is 2.26. The van der Waals surface area contributed by atoms with E-state index in [0.29, 0.717) is 36.3 Å². The zero-order valence-corrected chi connectivity index (χ0v) is 17.7. The van der Waals surface area contributed by atoms with Gasteiger partial charge in [0.25, 0.3) is 5.91 Å². The van der Waals surface area contributed by atoms with Crippen LogP contribution in [0.5, 0.6) is 0 Å². The van der Waals surface area contributed by atoms with Gasteiger partial charge in [-0.15, -0.1) is 0 Å². The summed E-state index contributed by atoms with van der Waals surface area (Å²) in [6, 6.07) is 12.1. The lowest BCUT2D eigenvalue weighted by molar-refractivity contribution is -0.117. The second kappa shape index (κ2) is 8.10. The predicted octanol–water partition coefficient (Wildman–Crippen LogP) is 3.30. The summed E-state index contributed by atoms with van der Waals surface area (Å²) >= 11 is 0. The Morgan fingerprint density at radius 3 is 2.40 bits per heavy atom. The van der Waals surface area contributed by atoms with Crippen molar-refractivity contribution in [2.45, 2.75) is 32.6 Å². The number of aryl methyl sites for hydroxylation is 1. The Hall–Kier alpha value is -2.87. The number of anilines is 3. The number of nitrogens with one attached hydrogen (secondary N) is 1. The van der Waals surface area contributed by atoms with Crippen LogP contribution < -0.4 is 14.5 Å². The highest BCUT2D eigenvalue weighted by molar-refractivity contribution is 7.92. The summed E-state index contributed by atoms with van der Waals surface area (Å²) in [4.78, 5) is 26.4. The Morgan fingerprint density at radius 1 is 1.00 bits per heavy atom. The van der Waals surface area contributed by atoms with E-state index in [1.807, 2.05) is 19.1 Å². The molecule has 4 rings (SSSR count). The lowest BCUT2D eigenvalue weighted by Gasteiger charge is -2.28. The summed E-state index contributed by atoms with van der Waals surface area (Å²) in [7, 11) is -3.27. The fourth-order valence-electron chi connectivity index (χ4n) is 4.00. The largest absolute Gasteiger partial charge is 0.322 e. The van der Waals surface area contributed by atoms with Crippen LogP contribution in [0.4, 0.5) is 17.1 Å². The molecule has 2 amide bonds. The summed E-state index contributed by atoms with van der Waals surface area (Å²) in [6.07, 6.45) is 2.96. The zero-order valence-electron chi connectivity index (χ0n) is 16.9. The van der Waals surface area contributed by atoms with Crippen LogP contribution in [0.25, 0.3) is 0 Å². The first-order valence-corrected chi connectivity index (χ1v) is 11.8. The molecule has 0 saturated carbocycles. The maximum absolute atomic E-state index is 12.6. The summed E-state index contributed by atoms with van der Waals surface area (Å²) in [6.45, 7) is 3.12. The number of hydrogen-bond acceptors (Lipinski definition) is 4. The first-order chi connectivity index (χ1) is 14.3. The molecule has 2 fully saturated rings. The SMILES string of the molecule is Cc1cc(NC(=O)c2ccc(N3CCCCS3(=O)=O)cc2)ccc1N1CCCC1=O. The summed E-state index contributed by atoms with van der Waals surface area (Å²) in [5, 5.41) is 2.87. The Balaban J connectivity index is 1.46. The quantitative estimate of drug-likeness (QED) is 0.811. The highest BCUT2D eigenvalue weighted by Crippen LogP contribution is 2.28. The van der Waals surface area contributed by atoms with E-state index in [1.165, 1.54) is 4.31 Å². The minimum Gasteiger partial charge on any atom is -0.322 e. The van der Waals surface area contributed by atoms with Gasteiger partial charge < -0.3 is 10.2 Å². The van der Waals surface area contributed by atoms with Crippen molar-refractivity contribution in [3.8, 4) is 0 Å². The number of amides is 2. The number of benzene rings is 2. The Morgan fingerprint density at radius 2 is 1.77 bits per heavy atom. The van der Waals surface area contributed by atoms with Gasteiger partial charge in [-0.1, -0.05) is 0 Å². The third-order valence-corrected chi connectivity index (χ3v) is 7.46. The normalized spacial score (nSPS) is 18.5. The molecule has 0 radical (unpaired) electrons. The highest BCUT2D eigenvalue weighted by atomic mass is 32.2. The fourth-order valence-corrected chi connectivity index (χ4v) is 5.64. The smallest absolute Gasteiger partial charge is 0.255 e. The van der Waals surface area contributed by atoms with Crippen molar-refractivity contribution in [1.82, 2.24) is 0 Å². The topological polar surface area (TPSA) is 86.8 Å². The van der Waals surface area contributed by atoms with Crippen LogP contribution in [-0.2, 0) is 14.8 Å². The van der Waals surface area contributed by atoms with Crippen LogP contribution in [0.2, 0.25) is 0 Å². The molecule has 0 unspecified atom stereocenters. The molecule has 8 heteroatoms. The van der Waals surface area contributed by atoms with Crippen molar-refractivity contribution < 1.29 is 18.0 Å². The van der Waals surface area contributed by atoms with Crippen LogP contribution in [0.1, 0.15) is 41.6 Å². The van der Waals surface area contributed by atoms with Crippen molar-refractivity contribution in [1.29, 1.82) is 0 Å². The zero-order chi connectivity index (χ0) is 21.3. The molecule has 30 heavy (non-hydrogen) atoms. The fraction of sp³-hybridized carbons (Fsp3) is 0.364. The molecule has 158 valence electrons. The minimum atomic E-state index is -3.27. The van der Waals surface area contributed by atoms with Gasteiger partial charge in [-0.2, -0.15) is 0 Å². The molecular weight excluding hydrogens is 402 g/mol. The average Bonchev–Trinajstić information content (AvgIpc) is 3.13. The molecule has 0 aromatic heterocycles. The van der Waals surface area contributed by atoms with Gasteiger partial charge in [-0.25, -0.2) is 8.42 Å². The van der Waals surface area contributed by atoms with Gasteiger partial charge in [0.05, 0.1) is 11.4 Å². The molecule has 2 aromatic carbocycles. The van der Waals surface area contributed by atoms with Crippen molar-refractivity contribution in [2.75, 3.05) is 33.4 Å². The molecule has 0 bridgehead atoms. The van der Waals surface area contributed by atoms with Crippen molar-refractivity contribution in [2.24, 2.45) is 0 Å². The monoisotopic (exact) mass is 427 g/mol. The molecule has 2 heterocycles. The van der Waals surface area contributed by atoms with Gasteiger partial charge in [0.2, 0.25) is 15.9 Å². The van der Waals surface area contributed by atoms with Gasteiger partial charge in [0.1, 0.15) is 0 Å². The van der Waals surface area contributed by atoms with Gasteiger partial charge in [0.15, 0.2) is 0 Å².